The lowest BCUT2D eigenvalue weighted by molar-refractivity contribution is -0.0135. The molecular weight excluding hydrogens is 148 g/mol. The Morgan fingerprint density at radius 3 is 1.75 bits per heavy atom. The molecule has 0 amide bonds. The van der Waals surface area contributed by atoms with Gasteiger partial charge in [0.2, 0.25) is 0 Å². The van der Waals surface area contributed by atoms with Gasteiger partial charge in [0, 0.05) is 6.04 Å². The van der Waals surface area contributed by atoms with E-state index < -0.39 is 0 Å². The molecule has 0 aromatic rings. The van der Waals surface area contributed by atoms with Crippen molar-refractivity contribution in [1.82, 2.24) is 5.43 Å². The minimum atomic E-state index is 0.665. The molecule has 0 aromatic carbocycles. The van der Waals surface area contributed by atoms with E-state index in [2.05, 4.69) is 5.43 Å². The monoisotopic (exact) mass is 166 g/mol. The van der Waals surface area contributed by atoms with Crippen LogP contribution in [-0.2, 0) is 0 Å². The molecule has 4 aliphatic rings. The van der Waals surface area contributed by atoms with Crippen molar-refractivity contribution in [3.63, 3.8) is 0 Å². The Morgan fingerprint density at radius 2 is 1.33 bits per heavy atom. The van der Waals surface area contributed by atoms with Gasteiger partial charge in [-0.1, -0.05) is 0 Å². The lowest BCUT2D eigenvalue weighted by Crippen LogP contribution is -2.56. The van der Waals surface area contributed by atoms with Crippen LogP contribution in [0.1, 0.15) is 32.1 Å². The molecule has 2 nitrogen and oxygen atoms in total. The molecule has 4 rings (SSSR count). The zero-order valence-electron chi connectivity index (χ0n) is 7.50. The third kappa shape index (κ3) is 0.882. The van der Waals surface area contributed by atoms with Crippen LogP contribution < -0.4 is 11.3 Å². The number of nitrogens with one attached hydrogen (secondary N) is 1. The first kappa shape index (κ1) is 7.34. The molecule has 0 heterocycles. The summed E-state index contributed by atoms with van der Waals surface area (Å²) >= 11 is 0. The first-order valence-electron chi connectivity index (χ1n) is 5.33. The summed E-state index contributed by atoms with van der Waals surface area (Å²) in [4.78, 5) is 0. The zero-order valence-corrected chi connectivity index (χ0v) is 7.50. The van der Waals surface area contributed by atoms with Crippen molar-refractivity contribution in [3.05, 3.63) is 0 Å². The van der Waals surface area contributed by atoms with Gasteiger partial charge >= 0.3 is 0 Å². The lowest BCUT2D eigenvalue weighted by Gasteiger charge is -2.54. The largest absolute Gasteiger partial charge is 0.271 e. The summed E-state index contributed by atoms with van der Waals surface area (Å²) in [6.45, 7) is 0. The minimum absolute atomic E-state index is 0.665. The highest BCUT2D eigenvalue weighted by molar-refractivity contribution is 5.00. The maximum Gasteiger partial charge on any atom is 0.0267 e. The summed E-state index contributed by atoms with van der Waals surface area (Å²) in [5.41, 5.74) is 3.05. The van der Waals surface area contributed by atoms with Crippen molar-refractivity contribution in [2.75, 3.05) is 0 Å². The molecule has 0 atom stereocenters. The van der Waals surface area contributed by atoms with E-state index >= 15 is 0 Å². The Labute approximate surface area is 73.9 Å². The molecule has 4 bridgehead atoms. The maximum absolute atomic E-state index is 5.60. The van der Waals surface area contributed by atoms with Crippen LogP contribution in [0.15, 0.2) is 0 Å². The van der Waals surface area contributed by atoms with E-state index in [1.807, 2.05) is 0 Å². The predicted molar refractivity (Wildman–Crippen MR) is 48.2 cm³/mol. The summed E-state index contributed by atoms with van der Waals surface area (Å²) in [6, 6.07) is 0.665. The number of nitrogens with two attached hydrogens (primary N) is 1. The molecule has 0 spiro atoms. The maximum atomic E-state index is 5.60. The van der Waals surface area contributed by atoms with Gasteiger partial charge in [0.25, 0.3) is 0 Å². The fraction of sp³-hybridized carbons (Fsp3) is 1.00. The van der Waals surface area contributed by atoms with Crippen LogP contribution in [0.2, 0.25) is 0 Å². The Balaban J connectivity index is 1.86. The highest BCUT2D eigenvalue weighted by atomic mass is 15.2. The highest BCUT2D eigenvalue weighted by Gasteiger charge is 2.47. The fourth-order valence-electron chi connectivity index (χ4n) is 4.20. The first-order chi connectivity index (χ1) is 5.86. The molecule has 0 aliphatic heterocycles. The summed E-state index contributed by atoms with van der Waals surface area (Å²) in [5.74, 6) is 9.58. The normalized spacial score (nSPS) is 56.2. The van der Waals surface area contributed by atoms with E-state index in [0.29, 0.717) is 6.04 Å². The number of rotatable bonds is 1. The second-order valence-electron chi connectivity index (χ2n) is 5.12. The van der Waals surface area contributed by atoms with Gasteiger partial charge in [-0.3, -0.25) is 11.3 Å². The molecule has 4 saturated carbocycles. The van der Waals surface area contributed by atoms with Crippen molar-refractivity contribution in [3.8, 4) is 0 Å². The van der Waals surface area contributed by atoms with Gasteiger partial charge in [-0.25, -0.2) is 0 Å². The summed E-state index contributed by atoms with van der Waals surface area (Å²) in [5, 5.41) is 0. The molecule has 2 heteroatoms. The topological polar surface area (TPSA) is 38.0 Å². The second-order valence-corrected chi connectivity index (χ2v) is 5.12. The minimum Gasteiger partial charge on any atom is -0.271 e. The molecule has 0 radical (unpaired) electrons. The number of hydrogen-bond donors (Lipinski definition) is 2. The van der Waals surface area contributed by atoms with Crippen molar-refractivity contribution < 1.29 is 0 Å². The van der Waals surface area contributed by atoms with E-state index in [-0.39, 0.29) is 0 Å². The molecule has 12 heavy (non-hydrogen) atoms. The SMILES string of the molecule is NNC1C2CC3CC(C2)CC1C3. The summed E-state index contributed by atoms with van der Waals surface area (Å²) in [6.07, 6.45) is 7.37. The molecule has 0 saturated heterocycles. The van der Waals surface area contributed by atoms with Crippen LogP contribution in [0.5, 0.6) is 0 Å². The lowest BCUT2D eigenvalue weighted by atomic mass is 9.54. The van der Waals surface area contributed by atoms with Crippen molar-refractivity contribution >= 4 is 0 Å². The van der Waals surface area contributed by atoms with Gasteiger partial charge in [0.05, 0.1) is 0 Å². The van der Waals surface area contributed by atoms with Gasteiger partial charge in [-0.15, -0.1) is 0 Å². The van der Waals surface area contributed by atoms with E-state index in [4.69, 9.17) is 5.84 Å². The Morgan fingerprint density at radius 1 is 0.833 bits per heavy atom. The van der Waals surface area contributed by atoms with Crippen molar-refractivity contribution in [2.24, 2.45) is 29.5 Å². The Hall–Kier alpha value is -0.0800. The van der Waals surface area contributed by atoms with Gasteiger partial charge in [0.15, 0.2) is 0 Å². The first-order valence-corrected chi connectivity index (χ1v) is 5.33. The third-order valence-electron chi connectivity index (χ3n) is 4.42. The standard InChI is InChI=1S/C10H18N2/c11-12-10-8-2-6-1-7(4-8)5-9(10)3-6/h6-10,12H,1-5,11H2. The van der Waals surface area contributed by atoms with Crippen molar-refractivity contribution in [1.29, 1.82) is 0 Å². The zero-order chi connectivity index (χ0) is 8.13. The van der Waals surface area contributed by atoms with Crippen LogP contribution in [0.25, 0.3) is 0 Å². The molecule has 4 aliphatic carbocycles. The molecular formula is C10H18N2. The number of hydrogen-bond acceptors (Lipinski definition) is 2. The van der Waals surface area contributed by atoms with Gasteiger partial charge < -0.3 is 0 Å². The molecule has 0 aromatic heterocycles. The van der Waals surface area contributed by atoms with E-state index in [1.54, 1.807) is 0 Å². The molecule has 4 fully saturated rings. The van der Waals surface area contributed by atoms with Crippen LogP contribution in [-0.4, -0.2) is 6.04 Å². The molecule has 3 N–H and O–H groups in total. The van der Waals surface area contributed by atoms with Gasteiger partial charge in [-0.05, 0) is 55.8 Å². The van der Waals surface area contributed by atoms with Crippen molar-refractivity contribution in [2.45, 2.75) is 38.1 Å². The fourth-order valence-corrected chi connectivity index (χ4v) is 4.20. The van der Waals surface area contributed by atoms with Gasteiger partial charge in [-0.2, -0.15) is 0 Å². The average molecular weight is 166 g/mol. The van der Waals surface area contributed by atoms with Crippen LogP contribution in [0, 0.1) is 23.7 Å². The van der Waals surface area contributed by atoms with E-state index in [0.717, 1.165) is 23.7 Å². The smallest absolute Gasteiger partial charge is 0.0267 e. The second kappa shape index (κ2) is 2.46. The van der Waals surface area contributed by atoms with Crippen LogP contribution in [0.4, 0.5) is 0 Å². The highest BCUT2D eigenvalue weighted by Crippen LogP contribution is 2.53. The number of hydrazine groups is 1. The van der Waals surface area contributed by atoms with E-state index in [1.165, 1.54) is 32.1 Å². The Kier molecular flexibility index (Phi) is 1.50. The average Bonchev–Trinajstić information content (AvgIpc) is 2.02. The third-order valence-corrected chi connectivity index (χ3v) is 4.42. The van der Waals surface area contributed by atoms with Gasteiger partial charge in [0.1, 0.15) is 0 Å². The summed E-state index contributed by atoms with van der Waals surface area (Å²) < 4.78 is 0. The molecule has 0 unspecified atom stereocenters. The van der Waals surface area contributed by atoms with Crippen LogP contribution in [0.3, 0.4) is 0 Å². The Bertz CT molecular complexity index is 162. The van der Waals surface area contributed by atoms with Crippen LogP contribution >= 0.6 is 0 Å². The summed E-state index contributed by atoms with van der Waals surface area (Å²) in [7, 11) is 0. The predicted octanol–water partition coefficient (Wildman–Crippen LogP) is 1.27. The molecule has 68 valence electrons. The quantitative estimate of drug-likeness (QED) is 0.455. The van der Waals surface area contributed by atoms with E-state index in [9.17, 15) is 0 Å².